The zero-order valence-electron chi connectivity index (χ0n) is 19.1. The van der Waals surface area contributed by atoms with E-state index < -0.39 is 49.0 Å². The molecule has 4 rings (SSSR count). The fourth-order valence-corrected chi connectivity index (χ4v) is 4.70. The predicted octanol–water partition coefficient (Wildman–Crippen LogP) is 2.54. The Hall–Kier alpha value is -2.04. The number of rotatable bonds is 7. The number of benzene rings is 1. The summed E-state index contributed by atoms with van der Waals surface area (Å²) in [6, 6.07) is 8.73. The first-order valence-corrected chi connectivity index (χ1v) is 11.7. The second-order valence-corrected chi connectivity index (χ2v) is 8.92. The summed E-state index contributed by atoms with van der Waals surface area (Å²) < 4.78 is 30.7. The molecule has 0 aromatic heterocycles. The van der Waals surface area contributed by atoms with Crippen LogP contribution in [0.15, 0.2) is 30.3 Å². The molecule has 0 radical (unpaired) electrons. The zero-order chi connectivity index (χ0) is 23.4. The molecule has 7 atom stereocenters. The van der Waals surface area contributed by atoms with Gasteiger partial charge in [0.25, 0.3) is 0 Å². The van der Waals surface area contributed by atoms with Crippen LogP contribution in [-0.4, -0.2) is 66.4 Å². The van der Waals surface area contributed by atoms with Crippen LogP contribution in [0.2, 0.25) is 0 Å². The van der Waals surface area contributed by atoms with E-state index >= 15 is 0 Å². The molecule has 1 saturated carbocycles. The number of fused-ring (bicyclic) bond motifs is 1. The molecule has 3 aliphatic rings. The highest BCUT2D eigenvalue weighted by molar-refractivity contribution is 5.73. The van der Waals surface area contributed by atoms with Gasteiger partial charge in [0.15, 0.2) is 18.7 Å². The van der Waals surface area contributed by atoms with Crippen molar-refractivity contribution in [3.05, 3.63) is 35.9 Å². The van der Waals surface area contributed by atoms with Crippen LogP contribution in [0.1, 0.15) is 57.8 Å². The number of carbonyl (C=O) groups excluding carboxylic acids is 1. The first-order chi connectivity index (χ1) is 15.9. The molecular formula is C24H33NO8. The highest BCUT2D eigenvalue weighted by Gasteiger charge is 2.52. The van der Waals surface area contributed by atoms with Gasteiger partial charge >= 0.3 is 5.97 Å². The standard InChI is InChI=1S/C24H33NO8/c1-14(22(27)28)30-21-19(25-15(2)26)24(31-17-11-7-4-8-12-17)32-18-13-29-23(33-20(18)21)16-9-5-3-6-10-16/h3,5-6,9-10,14,17-21,23-24H,4,7-8,11-13H2,1-2H3,(H,25,26)(H,27,28). The maximum atomic E-state index is 12.1. The van der Waals surface area contributed by atoms with Crippen molar-refractivity contribution >= 4 is 11.9 Å². The van der Waals surface area contributed by atoms with Crippen LogP contribution in [0, 0.1) is 0 Å². The van der Waals surface area contributed by atoms with Gasteiger partial charge in [-0.15, -0.1) is 0 Å². The molecule has 3 fully saturated rings. The highest BCUT2D eigenvalue weighted by Crippen LogP contribution is 2.37. The van der Waals surface area contributed by atoms with Crippen molar-refractivity contribution in [2.75, 3.05) is 6.61 Å². The number of ether oxygens (including phenoxy) is 5. The molecule has 7 unspecified atom stereocenters. The molecule has 33 heavy (non-hydrogen) atoms. The number of hydrogen-bond donors (Lipinski definition) is 2. The Morgan fingerprint density at radius 3 is 2.52 bits per heavy atom. The molecule has 2 saturated heterocycles. The largest absolute Gasteiger partial charge is 0.479 e. The number of carboxylic acids is 1. The Labute approximate surface area is 193 Å². The van der Waals surface area contributed by atoms with Crippen LogP contribution in [0.25, 0.3) is 0 Å². The van der Waals surface area contributed by atoms with Gasteiger partial charge in [0.1, 0.15) is 24.4 Å². The lowest BCUT2D eigenvalue weighted by Gasteiger charge is -2.50. The third-order valence-electron chi connectivity index (χ3n) is 6.37. The van der Waals surface area contributed by atoms with E-state index in [1.54, 1.807) is 0 Å². The third-order valence-corrected chi connectivity index (χ3v) is 6.37. The lowest BCUT2D eigenvalue weighted by molar-refractivity contribution is -0.355. The summed E-state index contributed by atoms with van der Waals surface area (Å²) in [7, 11) is 0. The van der Waals surface area contributed by atoms with Crippen molar-refractivity contribution in [2.45, 2.75) is 95.1 Å². The fourth-order valence-electron chi connectivity index (χ4n) is 4.70. The monoisotopic (exact) mass is 463 g/mol. The van der Waals surface area contributed by atoms with E-state index in [-0.39, 0.29) is 18.6 Å². The van der Waals surface area contributed by atoms with Gasteiger partial charge < -0.3 is 34.1 Å². The second kappa shape index (κ2) is 10.9. The molecule has 1 amide bonds. The van der Waals surface area contributed by atoms with E-state index in [2.05, 4.69) is 5.32 Å². The fraction of sp³-hybridized carbons (Fsp3) is 0.667. The average Bonchev–Trinajstić information content (AvgIpc) is 2.81. The van der Waals surface area contributed by atoms with Gasteiger partial charge in [0, 0.05) is 12.5 Å². The molecule has 2 N–H and O–H groups in total. The lowest BCUT2D eigenvalue weighted by atomic mass is 9.94. The van der Waals surface area contributed by atoms with E-state index in [4.69, 9.17) is 23.7 Å². The van der Waals surface area contributed by atoms with Gasteiger partial charge in [-0.2, -0.15) is 0 Å². The molecule has 9 nitrogen and oxygen atoms in total. The van der Waals surface area contributed by atoms with Gasteiger partial charge in [0.05, 0.1) is 12.7 Å². The van der Waals surface area contributed by atoms with E-state index in [1.165, 1.54) is 20.3 Å². The molecule has 9 heteroatoms. The topological polar surface area (TPSA) is 113 Å². The summed E-state index contributed by atoms with van der Waals surface area (Å²) >= 11 is 0. The highest BCUT2D eigenvalue weighted by atomic mass is 16.8. The van der Waals surface area contributed by atoms with Crippen molar-refractivity contribution < 1.29 is 38.4 Å². The summed E-state index contributed by atoms with van der Waals surface area (Å²) in [6.45, 7) is 3.09. The molecule has 0 spiro atoms. The molecule has 1 aromatic rings. The zero-order valence-corrected chi connectivity index (χ0v) is 19.1. The first kappa shape index (κ1) is 24.1. The van der Waals surface area contributed by atoms with E-state index in [9.17, 15) is 14.7 Å². The van der Waals surface area contributed by atoms with Gasteiger partial charge in [-0.25, -0.2) is 4.79 Å². The molecule has 2 aliphatic heterocycles. The molecular weight excluding hydrogens is 430 g/mol. The van der Waals surface area contributed by atoms with E-state index in [1.807, 2.05) is 30.3 Å². The molecule has 1 aromatic carbocycles. The maximum absolute atomic E-state index is 12.1. The summed E-state index contributed by atoms with van der Waals surface area (Å²) in [5.41, 5.74) is 0.831. The van der Waals surface area contributed by atoms with Crippen LogP contribution in [0.5, 0.6) is 0 Å². The summed E-state index contributed by atoms with van der Waals surface area (Å²) in [4.78, 5) is 23.7. The number of aliphatic carboxylic acids is 1. The number of carbonyl (C=O) groups is 2. The quantitative estimate of drug-likeness (QED) is 0.634. The Kier molecular flexibility index (Phi) is 7.98. The normalized spacial score (nSPS) is 33.6. The molecule has 2 heterocycles. The van der Waals surface area contributed by atoms with E-state index in [0.29, 0.717) is 0 Å². The smallest absolute Gasteiger partial charge is 0.332 e. The predicted molar refractivity (Wildman–Crippen MR) is 116 cm³/mol. The Bertz CT molecular complexity index is 799. The Morgan fingerprint density at radius 2 is 1.85 bits per heavy atom. The van der Waals surface area contributed by atoms with Crippen LogP contribution in [0.4, 0.5) is 0 Å². The number of nitrogens with one attached hydrogen (secondary N) is 1. The minimum Gasteiger partial charge on any atom is -0.479 e. The van der Waals surface area contributed by atoms with Gasteiger partial charge in [0.2, 0.25) is 5.91 Å². The van der Waals surface area contributed by atoms with Crippen LogP contribution < -0.4 is 5.32 Å². The number of carboxylic acid groups (broad SMARTS) is 1. The third kappa shape index (κ3) is 5.91. The van der Waals surface area contributed by atoms with Crippen molar-refractivity contribution in [3.8, 4) is 0 Å². The molecule has 1 aliphatic carbocycles. The van der Waals surface area contributed by atoms with E-state index in [0.717, 1.165) is 31.2 Å². The van der Waals surface area contributed by atoms with Gasteiger partial charge in [-0.05, 0) is 19.8 Å². The van der Waals surface area contributed by atoms with Crippen LogP contribution >= 0.6 is 0 Å². The minimum absolute atomic E-state index is 0.0107. The number of amides is 1. The van der Waals surface area contributed by atoms with Crippen molar-refractivity contribution in [2.24, 2.45) is 0 Å². The maximum Gasteiger partial charge on any atom is 0.332 e. The molecule has 182 valence electrons. The van der Waals surface area contributed by atoms with Crippen molar-refractivity contribution in [1.29, 1.82) is 0 Å². The first-order valence-electron chi connectivity index (χ1n) is 11.7. The van der Waals surface area contributed by atoms with Crippen LogP contribution in [0.3, 0.4) is 0 Å². The van der Waals surface area contributed by atoms with Crippen molar-refractivity contribution in [3.63, 3.8) is 0 Å². The Balaban J connectivity index is 1.60. The van der Waals surface area contributed by atoms with Crippen LogP contribution in [-0.2, 0) is 33.3 Å². The lowest BCUT2D eigenvalue weighted by Crippen LogP contribution is -2.68. The number of hydrogen-bond acceptors (Lipinski definition) is 7. The van der Waals surface area contributed by atoms with Crippen molar-refractivity contribution in [1.82, 2.24) is 5.32 Å². The van der Waals surface area contributed by atoms with Gasteiger partial charge in [-0.3, -0.25) is 4.79 Å². The summed E-state index contributed by atoms with van der Waals surface area (Å²) in [5, 5.41) is 12.4. The Morgan fingerprint density at radius 1 is 1.12 bits per heavy atom. The summed E-state index contributed by atoms with van der Waals surface area (Å²) in [5.74, 6) is -1.39. The summed E-state index contributed by atoms with van der Waals surface area (Å²) in [6.07, 6.45) is 0.618. The second-order valence-electron chi connectivity index (χ2n) is 8.92. The average molecular weight is 464 g/mol. The van der Waals surface area contributed by atoms with Gasteiger partial charge in [-0.1, -0.05) is 49.6 Å². The molecule has 0 bridgehead atoms. The minimum atomic E-state index is -1.11. The SMILES string of the molecule is CC(=O)NC1C(OC2CCCCC2)OC2COC(c3ccccc3)OC2C1OC(C)C(=O)O.